The number of benzene rings is 2. The van der Waals surface area contributed by atoms with Gasteiger partial charge in [-0.3, -0.25) is 9.80 Å². The molecule has 1 aliphatic rings. The van der Waals surface area contributed by atoms with Crippen molar-refractivity contribution >= 4 is 11.9 Å². The third-order valence-corrected chi connectivity index (χ3v) is 5.10. The number of halogens is 1. The van der Waals surface area contributed by atoms with Gasteiger partial charge >= 0.3 is 11.9 Å². The minimum Gasteiger partial charge on any atom is -0.493 e. The van der Waals surface area contributed by atoms with Crippen molar-refractivity contribution in [1.82, 2.24) is 9.80 Å². The Balaban J connectivity index is 0.000000569. The number of hydrogen-bond acceptors (Lipinski definition) is 7. The smallest absolute Gasteiger partial charge is 0.414 e. The number of ether oxygens (including phenoxy) is 3. The minimum absolute atomic E-state index is 0.186. The first-order valence-electron chi connectivity index (χ1n) is 10.2. The number of carboxylic acid groups (broad SMARTS) is 2. The molecule has 1 saturated heterocycles. The zero-order chi connectivity index (χ0) is 24.4. The molecule has 1 fully saturated rings. The summed E-state index contributed by atoms with van der Waals surface area (Å²) in [5, 5.41) is 14.8. The lowest BCUT2D eigenvalue weighted by molar-refractivity contribution is -0.159. The van der Waals surface area contributed by atoms with E-state index in [2.05, 4.69) is 9.80 Å². The van der Waals surface area contributed by atoms with E-state index in [0.29, 0.717) is 17.2 Å². The van der Waals surface area contributed by atoms with Gasteiger partial charge in [-0.15, -0.1) is 0 Å². The molecular formula is C23H29FN2O7. The standard InChI is InChI=1S/C21H27FN2O3.C2H2O4/c1-25-19-12-17(13-20(26-2)21(19)27-3)15-24-10-8-23(9-11-24)14-16-4-6-18(22)7-5-16;3-1(4)2(5)6/h4-7,12-13H,8-11,14-15H2,1-3H3;(H,3,4)(H,5,6). The molecule has 0 spiro atoms. The Kier molecular flexibility index (Phi) is 9.89. The third kappa shape index (κ3) is 7.92. The van der Waals surface area contributed by atoms with Gasteiger partial charge in [0.05, 0.1) is 21.3 Å². The fraction of sp³-hybridized carbons (Fsp3) is 0.391. The molecule has 3 rings (SSSR count). The Morgan fingerprint density at radius 3 is 1.58 bits per heavy atom. The molecule has 0 unspecified atom stereocenters. The second-order valence-corrected chi connectivity index (χ2v) is 7.32. The van der Waals surface area contributed by atoms with Crippen molar-refractivity contribution in [2.45, 2.75) is 13.1 Å². The van der Waals surface area contributed by atoms with E-state index in [4.69, 9.17) is 34.0 Å². The average molecular weight is 464 g/mol. The summed E-state index contributed by atoms with van der Waals surface area (Å²) in [6, 6.07) is 10.8. The summed E-state index contributed by atoms with van der Waals surface area (Å²) in [4.78, 5) is 23.0. The first kappa shape index (κ1) is 25.9. The van der Waals surface area contributed by atoms with Crippen molar-refractivity contribution in [2.24, 2.45) is 0 Å². The van der Waals surface area contributed by atoms with Crippen molar-refractivity contribution in [3.05, 3.63) is 53.3 Å². The fourth-order valence-corrected chi connectivity index (χ4v) is 3.44. The summed E-state index contributed by atoms with van der Waals surface area (Å²) in [5.74, 6) is -1.85. The van der Waals surface area contributed by atoms with Gasteiger partial charge in [0.1, 0.15) is 5.82 Å². The van der Waals surface area contributed by atoms with Crippen LogP contribution in [0.3, 0.4) is 0 Å². The van der Waals surface area contributed by atoms with Gasteiger partial charge in [-0.1, -0.05) is 12.1 Å². The zero-order valence-electron chi connectivity index (χ0n) is 18.9. The largest absolute Gasteiger partial charge is 0.493 e. The number of aliphatic carboxylic acids is 2. The van der Waals surface area contributed by atoms with Gasteiger partial charge in [-0.25, -0.2) is 14.0 Å². The Morgan fingerprint density at radius 1 is 0.788 bits per heavy atom. The lowest BCUT2D eigenvalue weighted by Crippen LogP contribution is -2.45. The van der Waals surface area contributed by atoms with E-state index in [-0.39, 0.29) is 5.82 Å². The minimum atomic E-state index is -1.82. The number of carboxylic acids is 2. The molecule has 1 heterocycles. The highest BCUT2D eigenvalue weighted by Gasteiger charge is 2.19. The Morgan fingerprint density at radius 2 is 1.21 bits per heavy atom. The van der Waals surface area contributed by atoms with Crippen LogP contribution in [0.15, 0.2) is 36.4 Å². The van der Waals surface area contributed by atoms with Gasteiger partial charge in [-0.05, 0) is 35.4 Å². The molecule has 10 heteroatoms. The van der Waals surface area contributed by atoms with Crippen molar-refractivity contribution in [2.75, 3.05) is 47.5 Å². The van der Waals surface area contributed by atoms with Crippen LogP contribution in [0.5, 0.6) is 17.2 Å². The molecular weight excluding hydrogens is 435 g/mol. The predicted molar refractivity (Wildman–Crippen MR) is 118 cm³/mol. The summed E-state index contributed by atoms with van der Waals surface area (Å²) < 4.78 is 29.3. The molecule has 0 aliphatic carbocycles. The van der Waals surface area contributed by atoms with Gasteiger partial charge in [0.15, 0.2) is 11.5 Å². The van der Waals surface area contributed by atoms with Crippen molar-refractivity contribution < 1.29 is 38.4 Å². The maximum absolute atomic E-state index is 13.0. The van der Waals surface area contributed by atoms with Gasteiger partial charge in [0.2, 0.25) is 5.75 Å². The van der Waals surface area contributed by atoms with Crippen LogP contribution in [0.1, 0.15) is 11.1 Å². The highest BCUT2D eigenvalue weighted by atomic mass is 19.1. The topological polar surface area (TPSA) is 109 Å². The Labute approximate surface area is 191 Å². The number of carbonyl (C=O) groups is 2. The van der Waals surface area contributed by atoms with Crippen LogP contribution >= 0.6 is 0 Å². The summed E-state index contributed by atoms with van der Waals surface area (Å²) >= 11 is 0. The van der Waals surface area contributed by atoms with Crippen LogP contribution in [-0.4, -0.2) is 79.5 Å². The summed E-state index contributed by atoms with van der Waals surface area (Å²) in [6.07, 6.45) is 0. The molecule has 180 valence electrons. The molecule has 0 radical (unpaired) electrons. The molecule has 0 bridgehead atoms. The second-order valence-electron chi connectivity index (χ2n) is 7.32. The lowest BCUT2D eigenvalue weighted by Gasteiger charge is -2.34. The van der Waals surface area contributed by atoms with E-state index in [1.807, 2.05) is 24.3 Å². The van der Waals surface area contributed by atoms with Gasteiger partial charge < -0.3 is 24.4 Å². The molecule has 2 N–H and O–H groups in total. The molecule has 0 atom stereocenters. The Bertz CT molecular complexity index is 892. The van der Waals surface area contributed by atoms with E-state index in [1.165, 1.54) is 12.1 Å². The quantitative estimate of drug-likeness (QED) is 0.597. The summed E-state index contributed by atoms with van der Waals surface area (Å²) in [6.45, 7) is 5.64. The van der Waals surface area contributed by atoms with Crippen molar-refractivity contribution in [3.63, 3.8) is 0 Å². The normalized spacial score (nSPS) is 14.1. The van der Waals surface area contributed by atoms with E-state index in [1.54, 1.807) is 21.3 Å². The number of piperazine rings is 1. The summed E-state index contributed by atoms with van der Waals surface area (Å²) in [5.41, 5.74) is 2.28. The highest BCUT2D eigenvalue weighted by molar-refractivity contribution is 6.27. The maximum Gasteiger partial charge on any atom is 0.414 e. The molecule has 2 aromatic rings. The van der Waals surface area contributed by atoms with E-state index >= 15 is 0 Å². The number of nitrogens with zero attached hydrogens (tertiary/aromatic N) is 2. The SMILES string of the molecule is COc1cc(CN2CCN(Cc3ccc(F)cc3)CC2)cc(OC)c1OC.O=C(O)C(=O)O. The lowest BCUT2D eigenvalue weighted by atomic mass is 10.1. The third-order valence-electron chi connectivity index (χ3n) is 5.10. The van der Waals surface area contributed by atoms with Crippen LogP contribution in [-0.2, 0) is 22.7 Å². The highest BCUT2D eigenvalue weighted by Crippen LogP contribution is 2.38. The van der Waals surface area contributed by atoms with Crippen molar-refractivity contribution in [1.29, 1.82) is 0 Å². The van der Waals surface area contributed by atoms with Crippen LogP contribution in [0.25, 0.3) is 0 Å². The second kappa shape index (κ2) is 12.6. The molecule has 1 aliphatic heterocycles. The molecule has 0 amide bonds. The van der Waals surface area contributed by atoms with Gasteiger partial charge in [0, 0.05) is 39.3 Å². The molecule has 2 aromatic carbocycles. The van der Waals surface area contributed by atoms with E-state index in [9.17, 15) is 4.39 Å². The molecule has 33 heavy (non-hydrogen) atoms. The van der Waals surface area contributed by atoms with Gasteiger partial charge in [0.25, 0.3) is 0 Å². The number of hydrogen-bond donors (Lipinski definition) is 2. The average Bonchev–Trinajstić information content (AvgIpc) is 2.81. The number of methoxy groups -OCH3 is 3. The predicted octanol–water partition coefficient (Wildman–Crippen LogP) is 2.32. The molecule has 0 saturated carbocycles. The van der Waals surface area contributed by atoms with Crippen LogP contribution < -0.4 is 14.2 Å². The van der Waals surface area contributed by atoms with Gasteiger partial charge in [-0.2, -0.15) is 0 Å². The van der Waals surface area contributed by atoms with Crippen LogP contribution in [0.4, 0.5) is 4.39 Å². The molecule has 0 aromatic heterocycles. The van der Waals surface area contributed by atoms with E-state index < -0.39 is 11.9 Å². The number of rotatable bonds is 7. The first-order chi connectivity index (χ1) is 15.8. The fourth-order valence-electron chi connectivity index (χ4n) is 3.44. The van der Waals surface area contributed by atoms with E-state index in [0.717, 1.165) is 50.4 Å². The summed E-state index contributed by atoms with van der Waals surface area (Å²) in [7, 11) is 4.88. The molecule has 9 nitrogen and oxygen atoms in total. The maximum atomic E-state index is 13.0. The Hall–Kier alpha value is -3.37. The first-order valence-corrected chi connectivity index (χ1v) is 10.2. The van der Waals surface area contributed by atoms with Crippen molar-refractivity contribution in [3.8, 4) is 17.2 Å². The monoisotopic (exact) mass is 464 g/mol. The van der Waals surface area contributed by atoms with Crippen LogP contribution in [0.2, 0.25) is 0 Å². The van der Waals surface area contributed by atoms with Crippen LogP contribution in [0, 0.1) is 5.82 Å². The zero-order valence-corrected chi connectivity index (χ0v) is 18.9.